The molecule has 4 rings (SSSR count). The lowest BCUT2D eigenvalue weighted by atomic mass is 9.95. The number of amides is 2. The lowest BCUT2D eigenvalue weighted by Gasteiger charge is -2.27. The van der Waals surface area contributed by atoms with Crippen LogP contribution in [0.5, 0.6) is 17.2 Å². The van der Waals surface area contributed by atoms with Gasteiger partial charge in [-0.05, 0) is 55.5 Å². The highest BCUT2D eigenvalue weighted by Crippen LogP contribution is 2.39. The third-order valence-corrected chi connectivity index (χ3v) is 6.83. The number of rotatable bonds is 9. The summed E-state index contributed by atoms with van der Waals surface area (Å²) in [5, 5.41) is 9.52. The van der Waals surface area contributed by atoms with Crippen molar-refractivity contribution < 1.29 is 23.8 Å². The Labute approximate surface area is 231 Å². The second-order valence-corrected chi connectivity index (χ2v) is 9.46. The van der Waals surface area contributed by atoms with Gasteiger partial charge in [0.1, 0.15) is 23.3 Å². The Bertz CT molecular complexity index is 1390. The molecule has 1 aliphatic heterocycles. The zero-order valence-corrected chi connectivity index (χ0v) is 22.9. The van der Waals surface area contributed by atoms with Crippen molar-refractivity contribution in [3.63, 3.8) is 0 Å². The molecule has 3 aromatic rings. The van der Waals surface area contributed by atoms with E-state index in [0.717, 1.165) is 0 Å². The summed E-state index contributed by atoms with van der Waals surface area (Å²) in [6, 6.07) is 21.0. The zero-order chi connectivity index (χ0) is 27.8. The first-order valence-corrected chi connectivity index (χ1v) is 13.1. The Balaban J connectivity index is 1.57. The van der Waals surface area contributed by atoms with Crippen LogP contribution in [0.4, 0.5) is 11.4 Å². The Hall–Kier alpha value is -4.44. The van der Waals surface area contributed by atoms with Crippen LogP contribution >= 0.6 is 11.8 Å². The van der Waals surface area contributed by atoms with Crippen molar-refractivity contribution in [1.82, 2.24) is 5.32 Å². The third-order valence-electron chi connectivity index (χ3n) is 5.94. The average Bonchev–Trinajstić information content (AvgIpc) is 2.96. The molecule has 3 aromatic carbocycles. The smallest absolute Gasteiger partial charge is 0.255 e. The van der Waals surface area contributed by atoms with Crippen molar-refractivity contribution >= 4 is 40.1 Å². The van der Waals surface area contributed by atoms with E-state index >= 15 is 0 Å². The van der Waals surface area contributed by atoms with E-state index in [2.05, 4.69) is 16.0 Å². The van der Waals surface area contributed by atoms with Gasteiger partial charge >= 0.3 is 0 Å². The van der Waals surface area contributed by atoms with Crippen LogP contribution in [-0.4, -0.2) is 44.1 Å². The van der Waals surface area contributed by atoms with Gasteiger partial charge in [-0.1, -0.05) is 30.0 Å². The maximum absolute atomic E-state index is 13.5. The van der Waals surface area contributed by atoms with Gasteiger partial charge < -0.3 is 30.2 Å². The fourth-order valence-corrected chi connectivity index (χ4v) is 4.75. The number of methoxy groups -OCH3 is 3. The van der Waals surface area contributed by atoms with E-state index in [0.29, 0.717) is 50.6 Å². The van der Waals surface area contributed by atoms with Gasteiger partial charge in [0.15, 0.2) is 5.17 Å². The minimum atomic E-state index is -0.678. The Morgan fingerprint density at radius 1 is 0.872 bits per heavy atom. The van der Waals surface area contributed by atoms with Crippen molar-refractivity contribution in [1.29, 1.82) is 0 Å². The number of benzene rings is 3. The monoisotopic (exact) mass is 546 g/mol. The summed E-state index contributed by atoms with van der Waals surface area (Å²) in [5.41, 5.74) is 3.09. The summed E-state index contributed by atoms with van der Waals surface area (Å²) in [5.74, 6) is 1.49. The van der Waals surface area contributed by atoms with Crippen LogP contribution < -0.4 is 30.2 Å². The molecule has 202 valence electrons. The Morgan fingerprint density at radius 3 is 2.21 bits per heavy atom. The van der Waals surface area contributed by atoms with Crippen LogP contribution in [0.15, 0.2) is 89.1 Å². The number of nitrogens with one attached hydrogen (secondary N) is 3. The third kappa shape index (κ3) is 6.91. The number of hydrogen-bond acceptors (Lipinski definition) is 8. The van der Waals surface area contributed by atoms with Gasteiger partial charge in [0.05, 0.1) is 32.7 Å². The van der Waals surface area contributed by atoms with Crippen molar-refractivity contribution in [3.8, 4) is 17.2 Å². The van der Waals surface area contributed by atoms with E-state index in [4.69, 9.17) is 19.2 Å². The van der Waals surface area contributed by atoms with Crippen LogP contribution in [0.25, 0.3) is 0 Å². The lowest BCUT2D eigenvalue weighted by Crippen LogP contribution is -2.33. The molecule has 0 unspecified atom stereocenters. The minimum absolute atomic E-state index is 0.114. The summed E-state index contributed by atoms with van der Waals surface area (Å²) < 4.78 is 16.1. The number of carbonyl (C=O) groups excluding carboxylic acids is 2. The summed E-state index contributed by atoms with van der Waals surface area (Å²) in [6.45, 7) is 1.82. The molecule has 39 heavy (non-hydrogen) atoms. The number of carbonyl (C=O) groups is 2. The van der Waals surface area contributed by atoms with Crippen molar-refractivity contribution in [2.24, 2.45) is 4.99 Å². The topological polar surface area (TPSA) is 110 Å². The fourth-order valence-electron chi connectivity index (χ4n) is 4.01. The largest absolute Gasteiger partial charge is 0.497 e. The average molecular weight is 547 g/mol. The highest BCUT2D eigenvalue weighted by Gasteiger charge is 2.32. The normalized spacial score (nSPS) is 14.6. The van der Waals surface area contributed by atoms with E-state index in [1.165, 1.54) is 11.8 Å². The van der Waals surface area contributed by atoms with Crippen LogP contribution in [-0.2, 0) is 9.59 Å². The molecular weight excluding hydrogens is 516 g/mol. The molecule has 0 aromatic heterocycles. The SMILES string of the molecule is COc1ccc(NC(=O)CSC2=N[C@@H](c3ccc(OC)cc3OC)C(C(=O)Nc3ccccc3)=C(C)N2)cc1. The van der Waals surface area contributed by atoms with Crippen LogP contribution in [0, 0.1) is 0 Å². The van der Waals surface area contributed by atoms with Crippen molar-refractivity contribution in [3.05, 3.63) is 89.6 Å². The molecule has 0 fully saturated rings. The van der Waals surface area contributed by atoms with E-state index in [1.54, 1.807) is 57.7 Å². The molecule has 0 saturated heterocycles. The molecular formula is C29H30N4O5S. The highest BCUT2D eigenvalue weighted by molar-refractivity contribution is 8.14. The van der Waals surface area contributed by atoms with E-state index in [1.807, 2.05) is 43.3 Å². The molecule has 0 aliphatic carbocycles. The molecule has 1 atom stereocenters. The van der Waals surface area contributed by atoms with E-state index in [-0.39, 0.29) is 17.6 Å². The number of hydrogen-bond donors (Lipinski definition) is 3. The predicted molar refractivity (Wildman–Crippen MR) is 155 cm³/mol. The number of anilines is 2. The standard InChI is InChI=1S/C29H30N4O5S/c1-18-26(28(35)32-19-8-6-5-7-9-19)27(23-15-14-22(37-3)16-24(23)38-4)33-29(30-18)39-17-25(34)31-20-10-12-21(36-2)13-11-20/h5-16,27H,17H2,1-4H3,(H,30,33)(H,31,34)(H,32,35)/t27-/m0/s1. The van der Waals surface area contributed by atoms with Crippen LogP contribution in [0.2, 0.25) is 0 Å². The van der Waals surface area contributed by atoms with Crippen molar-refractivity contribution in [2.45, 2.75) is 13.0 Å². The number of amidine groups is 1. The van der Waals surface area contributed by atoms with Gasteiger partial charge in [-0.3, -0.25) is 9.59 Å². The number of ether oxygens (including phenoxy) is 3. The fraction of sp³-hybridized carbons (Fsp3) is 0.207. The van der Waals surface area contributed by atoms with Gasteiger partial charge in [-0.2, -0.15) is 0 Å². The number of aliphatic imine (C=N–C) groups is 1. The van der Waals surface area contributed by atoms with Gasteiger partial charge in [0.25, 0.3) is 5.91 Å². The van der Waals surface area contributed by atoms with Gasteiger partial charge in [0, 0.05) is 28.7 Å². The summed E-state index contributed by atoms with van der Waals surface area (Å²) in [4.78, 5) is 31.0. The molecule has 1 aliphatic rings. The van der Waals surface area contributed by atoms with Gasteiger partial charge in [0.2, 0.25) is 5.91 Å². The Kier molecular flexibility index (Phi) is 9.11. The zero-order valence-electron chi connectivity index (χ0n) is 22.1. The molecule has 0 saturated carbocycles. The second-order valence-electron chi connectivity index (χ2n) is 8.49. The molecule has 9 nitrogen and oxygen atoms in total. The molecule has 0 spiro atoms. The van der Waals surface area contributed by atoms with Gasteiger partial charge in [-0.15, -0.1) is 0 Å². The number of nitrogens with zero attached hydrogens (tertiary/aromatic N) is 1. The van der Waals surface area contributed by atoms with Crippen molar-refractivity contribution in [2.75, 3.05) is 37.7 Å². The number of para-hydroxylation sites is 1. The molecule has 3 N–H and O–H groups in total. The number of allylic oxidation sites excluding steroid dienone is 1. The number of thioether (sulfide) groups is 1. The quantitative estimate of drug-likeness (QED) is 0.347. The lowest BCUT2D eigenvalue weighted by molar-refractivity contribution is -0.114. The predicted octanol–water partition coefficient (Wildman–Crippen LogP) is 5.00. The first-order valence-electron chi connectivity index (χ1n) is 12.1. The summed E-state index contributed by atoms with van der Waals surface area (Å²) in [7, 11) is 4.72. The first kappa shape index (κ1) is 27.6. The molecule has 2 amide bonds. The molecule has 0 radical (unpaired) electrons. The summed E-state index contributed by atoms with van der Waals surface area (Å²) in [6.07, 6.45) is 0. The minimum Gasteiger partial charge on any atom is -0.497 e. The van der Waals surface area contributed by atoms with Gasteiger partial charge in [-0.25, -0.2) is 4.99 Å². The molecule has 1 heterocycles. The summed E-state index contributed by atoms with van der Waals surface area (Å²) >= 11 is 1.24. The van der Waals surface area contributed by atoms with Crippen LogP contribution in [0.3, 0.4) is 0 Å². The molecule has 10 heteroatoms. The maximum Gasteiger partial charge on any atom is 0.255 e. The first-order chi connectivity index (χ1) is 18.9. The van der Waals surface area contributed by atoms with E-state index in [9.17, 15) is 9.59 Å². The Morgan fingerprint density at radius 2 is 1.54 bits per heavy atom. The molecule has 0 bridgehead atoms. The maximum atomic E-state index is 13.5. The van der Waals surface area contributed by atoms with E-state index < -0.39 is 6.04 Å². The highest BCUT2D eigenvalue weighted by atomic mass is 32.2. The van der Waals surface area contributed by atoms with Crippen LogP contribution in [0.1, 0.15) is 18.5 Å². The second kappa shape index (κ2) is 12.9.